The van der Waals surface area contributed by atoms with E-state index in [1.807, 2.05) is 0 Å². The first-order valence-corrected chi connectivity index (χ1v) is 6.02. The van der Waals surface area contributed by atoms with E-state index in [0.29, 0.717) is 25.2 Å². The van der Waals surface area contributed by atoms with Gasteiger partial charge in [0, 0.05) is 13.2 Å². The quantitative estimate of drug-likeness (QED) is 0.217. The van der Waals surface area contributed by atoms with Crippen LogP contribution in [0.4, 0.5) is 0 Å². The number of rotatable bonds is 4. The first-order valence-electron chi connectivity index (χ1n) is 6.02. The molecule has 1 saturated carbocycles. The highest BCUT2D eigenvalue weighted by Crippen LogP contribution is 2.23. The van der Waals surface area contributed by atoms with Gasteiger partial charge in [-0.05, 0) is 18.8 Å². The van der Waals surface area contributed by atoms with E-state index in [1.54, 1.807) is 7.11 Å². The third kappa shape index (κ3) is 4.81. The van der Waals surface area contributed by atoms with Crippen LogP contribution in [0.15, 0.2) is 4.99 Å². The Kier molecular flexibility index (Phi) is 6.18. The first kappa shape index (κ1) is 13.3. The largest absolute Gasteiger partial charge is 0.383 e. The SMILES string of the molecule is COCCN=C(NN)NC1CCCC(C)C1. The molecule has 0 aromatic carbocycles. The number of hydrogen-bond donors (Lipinski definition) is 3. The first-order chi connectivity index (χ1) is 7.76. The van der Waals surface area contributed by atoms with Gasteiger partial charge in [0.25, 0.3) is 0 Å². The number of methoxy groups -OCH3 is 1. The van der Waals surface area contributed by atoms with Crippen LogP contribution in [-0.2, 0) is 4.74 Å². The van der Waals surface area contributed by atoms with Crippen molar-refractivity contribution in [3.05, 3.63) is 0 Å². The van der Waals surface area contributed by atoms with Crippen LogP contribution in [0, 0.1) is 5.92 Å². The summed E-state index contributed by atoms with van der Waals surface area (Å²) in [7, 11) is 1.67. The van der Waals surface area contributed by atoms with Gasteiger partial charge in [-0.2, -0.15) is 0 Å². The monoisotopic (exact) mass is 228 g/mol. The molecule has 2 atom stereocenters. The van der Waals surface area contributed by atoms with Crippen LogP contribution >= 0.6 is 0 Å². The maximum Gasteiger partial charge on any atom is 0.206 e. The van der Waals surface area contributed by atoms with Crippen LogP contribution in [0.5, 0.6) is 0 Å². The molecule has 0 aromatic rings. The highest BCUT2D eigenvalue weighted by molar-refractivity contribution is 5.79. The lowest BCUT2D eigenvalue weighted by molar-refractivity contribution is 0.207. The summed E-state index contributed by atoms with van der Waals surface area (Å²) < 4.78 is 4.94. The van der Waals surface area contributed by atoms with Crippen molar-refractivity contribution in [1.82, 2.24) is 10.7 Å². The minimum Gasteiger partial charge on any atom is -0.383 e. The fourth-order valence-electron chi connectivity index (χ4n) is 2.14. The van der Waals surface area contributed by atoms with E-state index in [4.69, 9.17) is 10.6 Å². The number of aliphatic imine (C=N–C) groups is 1. The van der Waals surface area contributed by atoms with Gasteiger partial charge in [0.15, 0.2) is 0 Å². The molecule has 1 aliphatic rings. The molecule has 5 heteroatoms. The maximum absolute atomic E-state index is 5.42. The van der Waals surface area contributed by atoms with E-state index in [9.17, 15) is 0 Å². The predicted molar refractivity (Wildman–Crippen MR) is 66.1 cm³/mol. The molecular formula is C11H24N4O. The molecule has 0 spiro atoms. The number of nitrogens with zero attached hydrogens (tertiary/aromatic N) is 1. The zero-order valence-corrected chi connectivity index (χ0v) is 10.3. The highest BCUT2D eigenvalue weighted by Gasteiger charge is 2.19. The molecule has 0 saturated heterocycles. The Hall–Kier alpha value is -0.810. The predicted octanol–water partition coefficient (Wildman–Crippen LogP) is 0.620. The lowest BCUT2D eigenvalue weighted by atomic mass is 9.87. The van der Waals surface area contributed by atoms with Gasteiger partial charge in [-0.15, -0.1) is 0 Å². The highest BCUT2D eigenvalue weighted by atomic mass is 16.5. The number of nitrogens with one attached hydrogen (secondary N) is 2. The Labute approximate surface area is 97.8 Å². The Balaban J connectivity index is 2.33. The van der Waals surface area contributed by atoms with Crippen molar-refractivity contribution in [1.29, 1.82) is 0 Å². The van der Waals surface area contributed by atoms with Crippen LogP contribution < -0.4 is 16.6 Å². The standard InChI is InChI=1S/C11H24N4O/c1-9-4-3-5-10(8-9)14-11(15-12)13-6-7-16-2/h9-10H,3-8,12H2,1-2H3,(H2,13,14,15). The maximum atomic E-state index is 5.42. The van der Waals surface area contributed by atoms with E-state index in [-0.39, 0.29) is 0 Å². The minimum absolute atomic E-state index is 0.501. The molecule has 94 valence electrons. The molecule has 2 unspecified atom stereocenters. The van der Waals surface area contributed by atoms with Crippen molar-refractivity contribution < 1.29 is 4.74 Å². The van der Waals surface area contributed by atoms with Gasteiger partial charge < -0.3 is 10.1 Å². The van der Waals surface area contributed by atoms with Crippen molar-refractivity contribution in [3.8, 4) is 0 Å². The Morgan fingerprint density at radius 1 is 1.50 bits per heavy atom. The Morgan fingerprint density at radius 2 is 2.31 bits per heavy atom. The third-order valence-electron chi connectivity index (χ3n) is 2.98. The summed E-state index contributed by atoms with van der Waals surface area (Å²) in [4.78, 5) is 4.30. The molecule has 1 rings (SSSR count). The topological polar surface area (TPSA) is 71.7 Å². The van der Waals surface area contributed by atoms with E-state index in [0.717, 1.165) is 5.92 Å². The smallest absolute Gasteiger partial charge is 0.206 e. The zero-order chi connectivity index (χ0) is 11.8. The molecule has 0 heterocycles. The molecule has 1 fully saturated rings. The van der Waals surface area contributed by atoms with Crippen LogP contribution in [0.1, 0.15) is 32.6 Å². The average Bonchev–Trinajstić information content (AvgIpc) is 2.28. The van der Waals surface area contributed by atoms with Crippen molar-refractivity contribution >= 4 is 5.96 Å². The Bertz CT molecular complexity index is 220. The van der Waals surface area contributed by atoms with E-state index in [2.05, 4.69) is 22.7 Å². The van der Waals surface area contributed by atoms with Crippen LogP contribution in [0.25, 0.3) is 0 Å². The fourth-order valence-corrected chi connectivity index (χ4v) is 2.14. The van der Waals surface area contributed by atoms with Crippen LogP contribution in [0.3, 0.4) is 0 Å². The number of hydrogen-bond acceptors (Lipinski definition) is 3. The van der Waals surface area contributed by atoms with Crippen molar-refractivity contribution in [2.45, 2.75) is 38.6 Å². The molecule has 5 nitrogen and oxygen atoms in total. The number of ether oxygens (including phenoxy) is 1. The van der Waals surface area contributed by atoms with Gasteiger partial charge in [-0.3, -0.25) is 5.43 Å². The molecule has 0 amide bonds. The fraction of sp³-hybridized carbons (Fsp3) is 0.909. The van der Waals surface area contributed by atoms with Crippen molar-refractivity contribution in [2.75, 3.05) is 20.3 Å². The number of nitrogens with two attached hydrogens (primary N) is 1. The molecule has 1 aliphatic carbocycles. The van der Waals surface area contributed by atoms with E-state index >= 15 is 0 Å². The van der Waals surface area contributed by atoms with E-state index in [1.165, 1.54) is 25.7 Å². The minimum atomic E-state index is 0.501. The van der Waals surface area contributed by atoms with Crippen LogP contribution in [-0.4, -0.2) is 32.3 Å². The number of guanidine groups is 1. The molecule has 16 heavy (non-hydrogen) atoms. The summed E-state index contributed by atoms with van der Waals surface area (Å²) in [6, 6.07) is 0.501. The number of hydrazine groups is 1. The molecule has 0 bridgehead atoms. The average molecular weight is 228 g/mol. The summed E-state index contributed by atoms with van der Waals surface area (Å²) in [5.74, 6) is 6.90. The second-order valence-electron chi connectivity index (χ2n) is 4.48. The van der Waals surface area contributed by atoms with Gasteiger partial charge in [0.1, 0.15) is 0 Å². The van der Waals surface area contributed by atoms with Crippen molar-refractivity contribution in [2.24, 2.45) is 16.8 Å². The molecular weight excluding hydrogens is 204 g/mol. The van der Waals surface area contributed by atoms with Gasteiger partial charge in [0.2, 0.25) is 5.96 Å². The Morgan fingerprint density at radius 3 is 2.94 bits per heavy atom. The summed E-state index contributed by atoms with van der Waals surface area (Å²) in [6.07, 6.45) is 5.03. The second kappa shape index (κ2) is 7.46. The molecule has 0 radical (unpaired) electrons. The lowest BCUT2D eigenvalue weighted by Crippen LogP contribution is -2.47. The van der Waals surface area contributed by atoms with E-state index < -0.39 is 0 Å². The van der Waals surface area contributed by atoms with Gasteiger partial charge in [0.05, 0.1) is 13.2 Å². The lowest BCUT2D eigenvalue weighted by Gasteiger charge is -2.28. The van der Waals surface area contributed by atoms with Crippen LogP contribution in [0.2, 0.25) is 0 Å². The molecule has 0 aromatic heterocycles. The molecule has 0 aliphatic heterocycles. The van der Waals surface area contributed by atoms with Crippen molar-refractivity contribution in [3.63, 3.8) is 0 Å². The summed E-state index contributed by atoms with van der Waals surface area (Å²) in [6.45, 7) is 3.55. The summed E-state index contributed by atoms with van der Waals surface area (Å²) in [5.41, 5.74) is 2.61. The summed E-state index contributed by atoms with van der Waals surface area (Å²) >= 11 is 0. The second-order valence-corrected chi connectivity index (χ2v) is 4.48. The molecule has 4 N–H and O–H groups in total. The van der Waals surface area contributed by atoms with Gasteiger partial charge >= 0.3 is 0 Å². The normalized spacial score (nSPS) is 26.6. The van der Waals surface area contributed by atoms with Gasteiger partial charge in [-0.25, -0.2) is 10.8 Å². The third-order valence-corrected chi connectivity index (χ3v) is 2.98. The zero-order valence-electron chi connectivity index (χ0n) is 10.3. The van der Waals surface area contributed by atoms with Gasteiger partial charge in [-0.1, -0.05) is 19.8 Å². The summed E-state index contributed by atoms with van der Waals surface area (Å²) in [5, 5.41) is 3.35.